The molecule has 0 radical (unpaired) electrons. The molecule has 0 fully saturated rings. The van der Waals surface area contributed by atoms with Crippen molar-refractivity contribution in [3.63, 3.8) is 0 Å². The molecule has 0 amide bonds. The van der Waals surface area contributed by atoms with Crippen molar-refractivity contribution in [2.75, 3.05) is 5.32 Å². The largest absolute Gasteiger partial charge is 0.458 e. The Hall–Kier alpha value is -2.21. The number of nitrogens with zero attached hydrogens (tertiary/aromatic N) is 2. The number of aryl methyl sites for hydroxylation is 1. The number of hydrogen-bond acceptors (Lipinski definition) is 5. The summed E-state index contributed by atoms with van der Waals surface area (Å²) >= 11 is 1.37. The lowest BCUT2D eigenvalue weighted by Gasteiger charge is -2.02. The van der Waals surface area contributed by atoms with Crippen LogP contribution < -0.4 is 5.32 Å². The first-order valence-corrected chi connectivity index (χ1v) is 6.59. The highest BCUT2D eigenvalue weighted by Crippen LogP contribution is 2.25. The van der Waals surface area contributed by atoms with Gasteiger partial charge in [-0.25, -0.2) is 5.10 Å². The summed E-state index contributed by atoms with van der Waals surface area (Å²) in [6.07, 6.45) is 1.63. The van der Waals surface area contributed by atoms with E-state index in [9.17, 15) is 0 Å². The van der Waals surface area contributed by atoms with Gasteiger partial charge in [0, 0.05) is 5.69 Å². The van der Waals surface area contributed by atoms with Crippen LogP contribution >= 0.6 is 11.8 Å². The maximum atomic E-state index is 5.23. The average Bonchev–Trinajstić information content (AvgIpc) is 3.02. The third-order valence-electron chi connectivity index (χ3n) is 2.43. The second-order valence-corrected chi connectivity index (χ2v) is 4.97. The van der Waals surface area contributed by atoms with Crippen LogP contribution in [0.25, 0.3) is 0 Å². The monoisotopic (exact) mass is 272 g/mol. The topological polar surface area (TPSA) is 66.7 Å². The molecule has 1 aromatic carbocycles. The molecule has 2 heterocycles. The highest BCUT2D eigenvalue weighted by molar-refractivity contribution is 7.99. The van der Waals surface area contributed by atoms with Crippen LogP contribution in [-0.4, -0.2) is 15.2 Å². The molecular weight excluding hydrogens is 260 g/mol. The van der Waals surface area contributed by atoms with Crippen LogP contribution in [0.4, 0.5) is 11.6 Å². The molecule has 2 aromatic heterocycles. The van der Waals surface area contributed by atoms with Gasteiger partial charge in [0.1, 0.15) is 0 Å². The van der Waals surface area contributed by atoms with E-state index in [0.29, 0.717) is 11.1 Å². The van der Waals surface area contributed by atoms with Gasteiger partial charge in [0.2, 0.25) is 11.1 Å². The smallest absolute Gasteiger partial charge is 0.223 e. The van der Waals surface area contributed by atoms with E-state index in [2.05, 4.69) is 20.5 Å². The first-order valence-electron chi connectivity index (χ1n) is 5.77. The Kier molecular flexibility index (Phi) is 3.24. The second-order valence-electron chi connectivity index (χ2n) is 4.00. The van der Waals surface area contributed by atoms with E-state index < -0.39 is 0 Å². The third-order valence-corrected chi connectivity index (χ3v) is 3.23. The predicted octanol–water partition coefficient (Wildman–Crippen LogP) is 3.60. The zero-order valence-corrected chi connectivity index (χ0v) is 11.1. The lowest BCUT2D eigenvalue weighted by molar-refractivity contribution is 0.474. The van der Waals surface area contributed by atoms with Gasteiger partial charge >= 0.3 is 0 Å². The molecule has 96 valence electrons. The molecule has 0 aliphatic heterocycles. The van der Waals surface area contributed by atoms with Crippen molar-refractivity contribution in [1.29, 1.82) is 0 Å². The molecule has 6 heteroatoms. The van der Waals surface area contributed by atoms with Crippen LogP contribution in [0, 0.1) is 6.92 Å². The SMILES string of the molecule is Cc1cccc(Nc2nc(Sc3ccco3)n[nH]2)c1. The van der Waals surface area contributed by atoms with Crippen LogP contribution in [0.15, 0.2) is 57.3 Å². The maximum Gasteiger partial charge on any atom is 0.223 e. The second kappa shape index (κ2) is 5.19. The molecule has 0 aliphatic rings. The summed E-state index contributed by atoms with van der Waals surface area (Å²) in [5.74, 6) is 0.611. The molecule has 0 saturated heterocycles. The van der Waals surface area contributed by atoms with E-state index in [1.165, 1.54) is 17.3 Å². The Labute approximate surface area is 114 Å². The normalized spacial score (nSPS) is 10.6. The molecule has 0 bridgehead atoms. The summed E-state index contributed by atoms with van der Waals surface area (Å²) in [5, 5.41) is 11.5. The van der Waals surface area contributed by atoms with Gasteiger partial charge in [-0.15, -0.1) is 5.10 Å². The molecule has 0 unspecified atom stereocenters. The van der Waals surface area contributed by atoms with Crippen molar-refractivity contribution in [2.24, 2.45) is 0 Å². The summed E-state index contributed by atoms with van der Waals surface area (Å²) in [4.78, 5) is 4.34. The van der Waals surface area contributed by atoms with E-state index in [-0.39, 0.29) is 0 Å². The predicted molar refractivity (Wildman–Crippen MR) is 73.7 cm³/mol. The summed E-state index contributed by atoms with van der Waals surface area (Å²) in [7, 11) is 0. The molecule has 3 aromatic rings. The van der Waals surface area contributed by atoms with Gasteiger partial charge in [0.05, 0.1) is 6.26 Å². The molecule has 3 rings (SSSR count). The van der Waals surface area contributed by atoms with Gasteiger partial charge in [-0.1, -0.05) is 12.1 Å². The fraction of sp³-hybridized carbons (Fsp3) is 0.0769. The van der Waals surface area contributed by atoms with E-state index in [1.807, 2.05) is 43.3 Å². The highest BCUT2D eigenvalue weighted by atomic mass is 32.2. The summed E-state index contributed by atoms with van der Waals surface area (Å²) in [6, 6.07) is 11.8. The standard InChI is InChI=1S/C13H12N4OS/c1-9-4-2-5-10(8-9)14-12-15-13(17-16-12)19-11-6-3-7-18-11/h2-8H,1H3,(H2,14,15,16,17). The Morgan fingerprint density at radius 2 is 2.21 bits per heavy atom. The van der Waals surface area contributed by atoms with Crippen molar-refractivity contribution in [3.05, 3.63) is 48.2 Å². The summed E-state index contributed by atoms with van der Waals surface area (Å²) < 4.78 is 5.23. The number of nitrogens with one attached hydrogen (secondary N) is 2. The Morgan fingerprint density at radius 1 is 1.26 bits per heavy atom. The molecular formula is C13H12N4OS. The number of aromatic amines is 1. The van der Waals surface area contributed by atoms with Gasteiger partial charge in [0.15, 0.2) is 5.09 Å². The molecule has 0 atom stereocenters. The van der Waals surface area contributed by atoms with Crippen LogP contribution in [0.5, 0.6) is 0 Å². The molecule has 0 aliphatic carbocycles. The van der Waals surface area contributed by atoms with E-state index >= 15 is 0 Å². The van der Waals surface area contributed by atoms with E-state index in [4.69, 9.17) is 4.42 Å². The number of benzene rings is 1. The minimum absolute atomic E-state index is 0.611. The van der Waals surface area contributed by atoms with Crippen LogP contribution in [0.1, 0.15) is 5.56 Å². The summed E-state index contributed by atoms with van der Waals surface area (Å²) in [5.41, 5.74) is 2.17. The Balaban J connectivity index is 1.71. The number of aromatic nitrogens is 3. The first-order chi connectivity index (χ1) is 9.29. The number of hydrogen-bond donors (Lipinski definition) is 2. The summed E-state index contributed by atoms with van der Waals surface area (Å²) in [6.45, 7) is 2.05. The third kappa shape index (κ3) is 2.97. The van der Waals surface area contributed by atoms with Crippen LogP contribution in [0.2, 0.25) is 0 Å². The van der Waals surface area contributed by atoms with Gasteiger partial charge in [0.25, 0.3) is 0 Å². The minimum atomic E-state index is 0.611. The lowest BCUT2D eigenvalue weighted by atomic mass is 10.2. The molecule has 0 saturated carbocycles. The average molecular weight is 272 g/mol. The number of furan rings is 1. The van der Waals surface area contributed by atoms with Gasteiger partial charge < -0.3 is 9.73 Å². The minimum Gasteiger partial charge on any atom is -0.458 e. The number of H-pyrrole nitrogens is 1. The van der Waals surface area contributed by atoms with Crippen molar-refractivity contribution >= 4 is 23.4 Å². The van der Waals surface area contributed by atoms with Gasteiger partial charge in [-0.3, -0.25) is 0 Å². The zero-order chi connectivity index (χ0) is 13.1. The van der Waals surface area contributed by atoms with E-state index in [1.54, 1.807) is 6.26 Å². The van der Waals surface area contributed by atoms with Crippen LogP contribution in [-0.2, 0) is 0 Å². The molecule has 2 N–H and O–H groups in total. The number of anilines is 2. The Morgan fingerprint density at radius 3 is 3.00 bits per heavy atom. The van der Waals surface area contributed by atoms with Crippen molar-refractivity contribution < 1.29 is 4.42 Å². The fourth-order valence-corrected chi connectivity index (χ4v) is 2.28. The zero-order valence-electron chi connectivity index (χ0n) is 10.3. The molecule has 5 nitrogen and oxygen atoms in total. The first kappa shape index (κ1) is 11.9. The van der Waals surface area contributed by atoms with Crippen molar-refractivity contribution in [3.8, 4) is 0 Å². The van der Waals surface area contributed by atoms with Crippen LogP contribution in [0.3, 0.4) is 0 Å². The van der Waals surface area contributed by atoms with Gasteiger partial charge in [-0.05, 0) is 48.5 Å². The molecule has 19 heavy (non-hydrogen) atoms. The van der Waals surface area contributed by atoms with Crippen molar-refractivity contribution in [2.45, 2.75) is 17.2 Å². The maximum absolute atomic E-state index is 5.23. The van der Waals surface area contributed by atoms with Crippen molar-refractivity contribution in [1.82, 2.24) is 15.2 Å². The van der Waals surface area contributed by atoms with Gasteiger partial charge in [-0.2, -0.15) is 4.98 Å². The lowest BCUT2D eigenvalue weighted by Crippen LogP contribution is -1.92. The Bertz CT molecular complexity index is 663. The van der Waals surface area contributed by atoms with E-state index in [0.717, 1.165) is 10.8 Å². The number of rotatable bonds is 4. The quantitative estimate of drug-likeness (QED) is 0.759. The fourth-order valence-electron chi connectivity index (χ4n) is 1.62. The highest BCUT2D eigenvalue weighted by Gasteiger charge is 2.07. The molecule has 0 spiro atoms.